The molecule has 0 bridgehead atoms. The van der Waals surface area contributed by atoms with Crippen LogP contribution in [0.1, 0.15) is 22.3 Å². The van der Waals surface area contributed by atoms with Crippen LogP contribution < -0.4 is 5.32 Å². The number of halogens is 1. The SMILES string of the molecule is Cc1cccc2c1N=C(CSCC(=O)Nc1ccc(Cl)cc1)CC2=O. The molecule has 1 aliphatic rings. The highest BCUT2D eigenvalue weighted by molar-refractivity contribution is 8.00. The lowest BCUT2D eigenvalue weighted by Gasteiger charge is -2.16. The topological polar surface area (TPSA) is 58.5 Å². The summed E-state index contributed by atoms with van der Waals surface area (Å²) in [6.45, 7) is 1.95. The zero-order valence-corrected chi connectivity index (χ0v) is 15.3. The molecule has 1 aliphatic heterocycles. The van der Waals surface area contributed by atoms with Gasteiger partial charge in [-0.05, 0) is 42.8 Å². The largest absolute Gasteiger partial charge is 0.325 e. The van der Waals surface area contributed by atoms with Gasteiger partial charge in [-0.15, -0.1) is 11.8 Å². The summed E-state index contributed by atoms with van der Waals surface area (Å²) >= 11 is 7.27. The van der Waals surface area contributed by atoms with Crippen molar-refractivity contribution < 1.29 is 9.59 Å². The van der Waals surface area contributed by atoms with E-state index in [4.69, 9.17) is 11.6 Å². The summed E-state index contributed by atoms with van der Waals surface area (Å²) in [5.41, 5.74) is 3.98. The van der Waals surface area contributed by atoms with Crippen molar-refractivity contribution in [3.05, 3.63) is 58.6 Å². The summed E-state index contributed by atoms with van der Waals surface area (Å²) in [6.07, 6.45) is 0.322. The van der Waals surface area contributed by atoms with Gasteiger partial charge in [0.15, 0.2) is 5.78 Å². The summed E-state index contributed by atoms with van der Waals surface area (Å²) in [5.74, 6) is 0.867. The van der Waals surface area contributed by atoms with Crippen LogP contribution in [-0.4, -0.2) is 28.9 Å². The Morgan fingerprint density at radius 2 is 2.00 bits per heavy atom. The molecular weight excluding hydrogens is 356 g/mol. The number of hydrogen-bond acceptors (Lipinski definition) is 4. The molecule has 0 fully saturated rings. The van der Waals surface area contributed by atoms with Crippen LogP contribution >= 0.6 is 23.4 Å². The minimum atomic E-state index is -0.0911. The highest BCUT2D eigenvalue weighted by atomic mass is 35.5. The number of carbonyl (C=O) groups excluding carboxylic acids is 2. The van der Waals surface area contributed by atoms with Crippen molar-refractivity contribution in [1.29, 1.82) is 0 Å². The average Bonchev–Trinajstić information content (AvgIpc) is 2.58. The molecule has 2 aromatic carbocycles. The van der Waals surface area contributed by atoms with Crippen LogP contribution in [0.5, 0.6) is 0 Å². The first-order valence-corrected chi connectivity index (χ1v) is 9.38. The number of para-hydroxylation sites is 1. The van der Waals surface area contributed by atoms with Crippen molar-refractivity contribution in [2.24, 2.45) is 4.99 Å². The quantitative estimate of drug-likeness (QED) is 0.829. The van der Waals surface area contributed by atoms with Crippen molar-refractivity contribution >= 4 is 52.1 Å². The van der Waals surface area contributed by atoms with E-state index >= 15 is 0 Å². The summed E-state index contributed by atoms with van der Waals surface area (Å²) in [6, 6.07) is 12.6. The van der Waals surface area contributed by atoms with Crippen LogP contribution in [0, 0.1) is 6.92 Å². The van der Waals surface area contributed by atoms with Gasteiger partial charge in [0.1, 0.15) is 0 Å². The van der Waals surface area contributed by atoms with Gasteiger partial charge in [0.25, 0.3) is 0 Å². The molecule has 25 heavy (non-hydrogen) atoms. The van der Waals surface area contributed by atoms with Crippen LogP contribution in [0.3, 0.4) is 0 Å². The molecule has 0 saturated carbocycles. The molecule has 3 rings (SSSR count). The first kappa shape index (κ1) is 17.7. The standard InChI is InChI=1S/C19H17ClN2O2S/c1-12-3-2-4-16-17(23)9-15(22-19(12)16)10-25-11-18(24)21-14-7-5-13(20)6-8-14/h2-8H,9-11H2,1H3,(H,21,24). The first-order valence-electron chi connectivity index (χ1n) is 7.85. The van der Waals surface area contributed by atoms with E-state index in [1.54, 1.807) is 24.3 Å². The molecule has 6 heteroatoms. The van der Waals surface area contributed by atoms with Gasteiger partial charge >= 0.3 is 0 Å². The van der Waals surface area contributed by atoms with Crippen molar-refractivity contribution in [2.75, 3.05) is 16.8 Å². The van der Waals surface area contributed by atoms with Crippen LogP contribution in [0.25, 0.3) is 0 Å². The number of aryl methyl sites for hydroxylation is 1. The Kier molecular flexibility index (Phi) is 5.56. The number of aliphatic imine (C=N–C) groups is 1. The second-order valence-electron chi connectivity index (χ2n) is 5.80. The van der Waals surface area contributed by atoms with Crippen LogP contribution in [0.2, 0.25) is 5.02 Å². The Balaban J connectivity index is 1.55. The van der Waals surface area contributed by atoms with E-state index in [0.717, 1.165) is 17.0 Å². The molecule has 0 aromatic heterocycles. The summed E-state index contributed by atoms with van der Waals surface area (Å²) in [7, 11) is 0. The molecule has 1 N–H and O–H groups in total. The molecule has 4 nitrogen and oxygen atoms in total. The number of benzene rings is 2. The van der Waals surface area contributed by atoms with Gasteiger partial charge in [-0.3, -0.25) is 14.6 Å². The number of nitrogens with one attached hydrogen (secondary N) is 1. The third-order valence-electron chi connectivity index (χ3n) is 3.80. The molecule has 128 valence electrons. The van der Waals surface area contributed by atoms with Gasteiger partial charge in [0.05, 0.1) is 17.9 Å². The number of ketones is 1. The highest BCUT2D eigenvalue weighted by Crippen LogP contribution is 2.30. The van der Waals surface area contributed by atoms with Gasteiger partial charge in [0.2, 0.25) is 5.91 Å². The molecule has 2 aromatic rings. The Bertz CT molecular complexity index is 847. The monoisotopic (exact) mass is 372 g/mol. The fraction of sp³-hybridized carbons (Fsp3) is 0.211. The van der Waals surface area contributed by atoms with Crippen molar-refractivity contribution in [3.63, 3.8) is 0 Å². The predicted octanol–water partition coefficient (Wildman–Crippen LogP) is 4.68. The van der Waals surface area contributed by atoms with E-state index in [0.29, 0.717) is 34.2 Å². The molecule has 0 unspecified atom stereocenters. The second-order valence-corrected chi connectivity index (χ2v) is 7.22. The smallest absolute Gasteiger partial charge is 0.234 e. The van der Waals surface area contributed by atoms with E-state index in [9.17, 15) is 9.59 Å². The van der Waals surface area contributed by atoms with Crippen molar-refractivity contribution in [1.82, 2.24) is 0 Å². The van der Waals surface area contributed by atoms with Gasteiger partial charge in [-0.1, -0.05) is 23.7 Å². The van der Waals surface area contributed by atoms with E-state index in [1.807, 2.05) is 25.1 Å². The Hall–Kier alpha value is -2.11. The second kappa shape index (κ2) is 7.85. The number of hydrogen-bond donors (Lipinski definition) is 1. The maximum absolute atomic E-state index is 12.2. The van der Waals surface area contributed by atoms with E-state index < -0.39 is 0 Å². The number of carbonyl (C=O) groups is 2. The number of fused-ring (bicyclic) bond motifs is 1. The van der Waals surface area contributed by atoms with E-state index in [2.05, 4.69) is 10.3 Å². The summed E-state index contributed by atoms with van der Waals surface area (Å²) < 4.78 is 0. The maximum Gasteiger partial charge on any atom is 0.234 e. The Morgan fingerprint density at radius 3 is 2.76 bits per heavy atom. The molecular formula is C19H17ClN2O2S. The highest BCUT2D eigenvalue weighted by Gasteiger charge is 2.21. The van der Waals surface area contributed by atoms with Crippen LogP contribution in [-0.2, 0) is 4.79 Å². The summed E-state index contributed by atoms with van der Waals surface area (Å²) in [5, 5.41) is 3.44. The van der Waals surface area contributed by atoms with E-state index in [-0.39, 0.29) is 11.7 Å². The fourth-order valence-electron chi connectivity index (χ4n) is 2.59. The molecule has 0 aliphatic carbocycles. The lowest BCUT2D eigenvalue weighted by molar-refractivity contribution is -0.113. The molecule has 0 atom stereocenters. The number of Topliss-reactive ketones (excluding diaryl/α,β-unsaturated/α-hetero) is 1. The zero-order valence-electron chi connectivity index (χ0n) is 13.7. The number of anilines is 1. The molecule has 0 spiro atoms. The van der Waals surface area contributed by atoms with E-state index in [1.165, 1.54) is 11.8 Å². The van der Waals surface area contributed by atoms with Gasteiger partial charge in [-0.2, -0.15) is 0 Å². The minimum absolute atomic E-state index is 0.0911. The Labute approximate surface area is 155 Å². The lowest BCUT2D eigenvalue weighted by atomic mass is 9.98. The van der Waals surface area contributed by atoms with Crippen LogP contribution in [0.15, 0.2) is 47.5 Å². The number of thioether (sulfide) groups is 1. The first-order chi connectivity index (χ1) is 12.0. The Morgan fingerprint density at radius 1 is 1.24 bits per heavy atom. The maximum atomic E-state index is 12.2. The van der Waals surface area contributed by atoms with Gasteiger partial charge in [0, 0.05) is 27.7 Å². The molecule has 1 heterocycles. The van der Waals surface area contributed by atoms with Crippen molar-refractivity contribution in [2.45, 2.75) is 13.3 Å². The average molecular weight is 373 g/mol. The number of nitrogens with zero attached hydrogens (tertiary/aromatic N) is 1. The third-order valence-corrected chi connectivity index (χ3v) is 5.06. The fourth-order valence-corrected chi connectivity index (χ4v) is 3.47. The van der Waals surface area contributed by atoms with Gasteiger partial charge < -0.3 is 5.32 Å². The molecule has 0 radical (unpaired) electrons. The zero-order chi connectivity index (χ0) is 17.8. The third kappa shape index (κ3) is 4.50. The predicted molar refractivity (Wildman–Crippen MR) is 105 cm³/mol. The summed E-state index contributed by atoms with van der Waals surface area (Å²) in [4.78, 5) is 28.8. The minimum Gasteiger partial charge on any atom is -0.325 e. The normalized spacial score (nSPS) is 13.2. The number of rotatable bonds is 5. The lowest BCUT2D eigenvalue weighted by Crippen LogP contribution is -2.18. The molecule has 1 amide bonds. The van der Waals surface area contributed by atoms with Crippen molar-refractivity contribution in [3.8, 4) is 0 Å². The number of amides is 1. The molecule has 0 saturated heterocycles. The van der Waals surface area contributed by atoms with Gasteiger partial charge in [-0.25, -0.2) is 0 Å². The van der Waals surface area contributed by atoms with Crippen LogP contribution in [0.4, 0.5) is 11.4 Å².